The van der Waals surface area contributed by atoms with Crippen molar-refractivity contribution in [3.05, 3.63) is 0 Å². The van der Waals surface area contributed by atoms with Crippen LogP contribution in [0.5, 0.6) is 0 Å². The fourth-order valence-corrected chi connectivity index (χ4v) is 2.48. The first kappa shape index (κ1) is 9.90. The number of nitrogens with one attached hydrogen (secondary N) is 1. The number of amides is 1. The molecule has 1 fully saturated rings. The molecular formula is C9H17NOS. The highest BCUT2D eigenvalue weighted by Gasteiger charge is 2.14. The fraction of sp³-hybridized carbons (Fsp3) is 0.889. The van der Waals surface area contributed by atoms with Crippen LogP contribution < -0.4 is 5.32 Å². The molecule has 1 aliphatic heterocycles. The van der Waals surface area contributed by atoms with Crippen molar-refractivity contribution in [1.29, 1.82) is 0 Å². The van der Waals surface area contributed by atoms with Gasteiger partial charge >= 0.3 is 0 Å². The van der Waals surface area contributed by atoms with E-state index in [0.717, 1.165) is 19.3 Å². The third-order valence-electron chi connectivity index (χ3n) is 2.06. The Balaban J connectivity index is 2.15. The van der Waals surface area contributed by atoms with Gasteiger partial charge in [0.15, 0.2) is 0 Å². The van der Waals surface area contributed by atoms with Crippen LogP contribution in [0.25, 0.3) is 0 Å². The van der Waals surface area contributed by atoms with Crippen LogP contribution in [0.3, 0.4) is 0 Å². The number of carbonyl (C=O) groups is 1. The van der Waals surface area contributed by atoms with E-state index < -0.39 is 0 Å². The van der Waals surface area contributed by atoms with Gasteiger partial charge in [0.2, 0.25) is 5.91 Å². The Bertz CT molecular complexity index is 143. The Morgan fingerprint density at radius 2 is 2.17 bits per heavy atom. The second-order valence-electron chi connectivity index (χ2n) is 3.20. The maximum Gasteiger partial charge on any atom is 0.220 e. The average molecular weight is 187 g/mol. The zero-order valence-corrected chi connectivity index (χ0v) is 8.45. The Kier molecular flexibility index (Phi) is 4.51. The Labute approximate surface area is 78.5 Å². The zero-order chi connectivity index (χ0) is 8.81. The summed E-state index contributed by atoms with van der Waals surface area (Å²) in [5, 5.41) is 3.07. The SMILES string of the molecule is CCCC(=O)NC1CCSCC1. The first-order valence-electron chi connectivity index (χ1n) is 4.70. The van der Waals surface area contributed by atoms with Crippen molar-refractivity contribution in [2.24, 2.45) is 0 Å². The van der Waals surface area contributed by atoms with Gasteiger partial charge in [0.25, 0.3) is 0 Å². The van der Waals surface area contributed by atoms with Crippen LogP contribution in [-0.4, -0.2) is 23.5 Å². The van der Waals surface area contributed by atoms with E-state index in [0.29, 0.717) is 12.5 Å². The highest BCUT2D eigenvalue weighted by molar-refractivity contribution is 7.99. The second-order valence-corrected chi connectivity index (χ2v) is 4.43. The lowest BCUT2D eigenvalue weighted by atomic mass is 10.1. The minimum atomic E-state index is 0.231. The summed E-state index contributed by atoms with van der Waals surface area (Å²) < 4.78 is 0. The molecule has 1 amide bonds. The molecule has 1 aliphatic rings. The van der Waals surface area contributed by atoms with Gasteiger partial charge in [0.05, 0.1) is 0 Å². The lowest BCUT2D eigenvalue weighted by molar-refractivity contribution is -0.121. The maximum atomic E-state index is 11.2. The van der Waals surface area contributed by atoms with E-state index in [-0.39, 0.29) is 5.91 Å². The predicted octanol–water partition coefficient (Wildman–Crippen LogP) is 1.80. The number of thioether (sulfide) groups is 1. The summed E-state index contributed by atoms with van der Waals surface area (Å²) in [7, 11) is 0. The molecular weight excluding hydrogens is 170 g/mol. The summed E-state index contributed by atoms with van der Waals surface area (Å²) in [4.78, 5) is 11.2. The molecule has 0 aromatic rings. The highest BCUT2D eigenvalue weighted by Crippen LogP contribution is 2.16. The van der Waals surface area contributed by atoms with E-state index in [2.05, 4.69) is 5.32 Å². The highest BCUT2D eigenvalue weighted by atomic mass is 32.2. The molecule has 0 aromatic carbocycles. The monoisotopic (exact) mass is 187 g/mol. The van der Waals surface area contributed by atoms with Crippen LogP contribution in [-0.2, 0) is 4.79 Å². The summed E-state index contributed by atoms with van der Waals surface area (Å²) in [6.07, 6.45) is 3.94. The molecule has 1 saturated heterocycles. The van der Waals surface area contributed by atoms with Crippen molar-refractivity contribution in [3.63, 3.8) is 0 Å². The lowest BCUT2D eigenvalue weighted by Crippen LogP contribution is -2.37. The van der Waals surface area contributed by atoms with Crippen LogP contribution in [0.2, 0.25) is 0 Å². The summed E-state index contributed by atoms with van der Waals surface area (Å²) in [6, 6.07) is 0.463. The van der Waals surface area contributed by atoms with E-state index in [1.165, 1.54) is 11.5 Å². The normalized spacial score (nSPS) is 19.1. The van der Waals surface area contributed by atoms with E-state index >= 15 is 0 Å². The van der Waals surface area contributed by atoms with Gasteiger partial charge in [-0.15, -0.1) is 0 Å². The fourth-order valence-electron chi connectivity index (χ4n) is 1.37. The number of hydrogen-bond donors (Lipinski definition) is 1. The van der Waals surface area contributed by atoms with Crippen molar-refractivity contribution >= 4 is 17.7 Å². The van der Waals surface area contributed by atoms with Gasteiger partial charge in [-0.05, 0) is 30.8 Å². The third kappa shape index (κ3) is 3.48. The molecule has 12 heavy (non-hydrogen) atoms. The maximum absolute atomic E-state index is 11.2. The van der Waals surface area contributed by atoms with Gasteiger partial charge < -0.3 is 5.32 Å². The molecule has 0 radical (unpaired) electrons. The van der Waals surface area contributed by atoms with Gasteiger partial charge in [-0.3, -0.25) is 4.79 Å². The van der Waals surface area contributed by atoms with Crippen LogP contribution in [0, 0.1) is 0 Å². The molecule has 1 N–H and O–H groups in total. The second kappa shape index (κ2) is 5.46. The minimum Gasteiger partial charge on any atom is -0.353 e. The average Bonchev–Trinajstić information content (AvgIpc) is 2.06. The molecule has 0 spiro atoms. The summed E-state index contributed by atoms with van der Waals surface area (Å²) >= 11 is 1.99. The smallest absolute Gasteiger partial charge is 0.220 e. The van der Waals surface area contributed by atoms with E-state index in [4.69, 9.17) is 0 Å². The topological polar surface area (TPSA) is 29.1 Å². The largest absolute Gasteiger partial charge is 0.353 e. The van der Waals surface area contributed by atoms with Crippen molar-refractivity contribution in [3.8, 4) is 0 Å². The van der Waals surface area contributed by atoms with E-state index in [1.54, 1.807) is 0 Å². The number of carbonyl (C=O) groups excluding carboxylic acids is 1. The zero-order valence-electron chi connectivity index (χ0n) is 7.64. The Hall–Kier alpha value is -0.180. The standard InChI is InChI=1S/C9H17NOS/c1-2-3-9(11)10-8-4-6-12-7-5-8/h8H,2-7H2,1H3,(H,10,11). The summed E-state index contributed by atoms with van der Waals surface area (Å²) in [5.41, 5.74) is 0. The van der Waals surface area contributed by atoms with Gasteiger partial charge in [0, 0.05) is 12.5 Å². The van der Waals surface area contributed by atoms with Crippen molar-refractivity contribution in [2.75, 3.05) is 11.5 Å². The predicted molar refractivity (Wildman–Crippen MR) is 53.4 cm³/mol. The molecule has 0 atom stereocenters. The van der Waals surface area contributed by atoms with Gasteiger partial charge in [0.1, 0.15) is 0 Å². The Morgan fingerprint density at radius 1 is 1.50 bits per heavy atom. The van der Waals surface area contributed by atoms with E-state index in [9.17, 15) is 4.79 Å². The number of hydrogen-bond acceptors (Lipinski definition) is 2. The van der Waals surface area contributed by atoms with Gasteiger partial charge in [-0.25, -0.2) is 0 Å². The molecule has 0 saturated carbocycles. The molecule has 70 valence electrons. The first-order chi connectivity index (χ1) is 5.83. The molecule has 0 unspecified atom stereocenters. The van der Waals surface area contributed by atoms with Crippen LogP contribution >= 0.6 is 11.8 Å². The third-order valence-corrected chi connectivity index (χ3v) is 3.11. The van der Waals surface area contributed by atoms with Gasteiger partial charge in [-0.2, -0.15) is 11.8 Å². The van der Waals surface area contributed by atoms with Crippen LogP contribution in [0.15, 0.2) is 0 Å². The Morgan fingerprint density at radius 3 is 2.75 bits per heavy atom. The van der Waals surface area contributed by atoms with Crippen LogP contribution in [0.1, 0.15) is 32.6 Å². The minimum absolute atomic E-state index is 0.231. The quantitative estimate of drug-likeness (QED) is 0.730. The van der Waals surface area contributed by atoms with Crippen molar-refractivity contribution < 1.29 is 4.79 Å². The molecule has 0 aromatic heterocycles. The molecule has 3 heteroatoms. The van der Waals surface area contributed by atoms with Gasteiger partial charge in [-0.1, -0.05) is 6.92 Å². The molecule has 1 rings (SSSR count). The van der Waals surface area contributed by atoms with E-state index in [1.807, 2.05) is 18.7 Å². The summed E-state index contributed by atoms with van der Waals surface area (Å²) in [5.74, 6) is 2.64. The molecule has 0 bridgehead atoms. The number of rotatable bonds is 3. The van der Waals surface area contributed by atoms with Crippen molar-refractivity contribution in [1.82, 2.24) is 5.32 Å². The molecule has 0 aliphatic carbocycles. The molecule has 2 nitrogen and oxygen atoms in total. The lowest BCUT2D eigenvalue weighted by Gasteiger charge is -2.22. The van der Waals surface area contributed by atoms with Crippen molar-refractivity contribution in [2.45, 2.75) is 38.6 Å². The van der Waals surface area contributed by atoms with Crippen LogP contribution in [0.4, 0.5) is 0 Å². The summed E-state index contributed by atoms with van der Waals surface area (Å²) in [6.45, 7) is 2.04. The first-order valence-corrected chi connectivity index (χ1v) is 5.85. The molecule has 1 heterocycles.